The topological polar surface area (TPSA) is 43.8 Å². The number of nitrogens with two attached hydrogens (primary N) is 1. The summed E-state index contributed by atoms with van der Waals surface area (Å²) in [6.07, 6.45) is -3.72. The molecule has 18 heavy (non-hydrogen) atoms. The van der Waals surface area contributed by atoms with Crippen molar-refractivity contribution >= 4 is 5.82 Å². The molecule has 0 radical (unpaired) electrons. The van der Waals surface area contributed by atoms with Crippen LogP contribution < -0.4 is 5.73 Å². The molecule has 0 unspecified atom stereocenters. The van der Waals surface area contributed by atoms with Crippen molar-refractivity contribution < 1.29 is 13.2 Å². The summed E-state index contributed by atoms with van der Waals surface area (Å²) >= 11 is 0. The van der Waals surface area contributed by atoms with Gasteiger partial charge < -0.3 is 5.73 Å². The third-order valence-corrected chi connectivity index (χ3v) is 2.58. The molecule has 0 saturated heterocycles. The number of halogens is 3. The van der Waals surface area contributed by atoms with Crippen LogP contribution in [0.5, 0.6) is 0 Å². The average molecular weight is 255 g/mol. The smallest absolute Gasteiger partial charge is 0.382 e. The molecule has 6 heteroatoms. The zero-order valence-corrected chi connectivity index (χ0v) is 9.70. The van der Waals surface area contributed by atoms with Gasteiger partial charge in [0.15, 0.2) is 0 Å². The Kier molecular flexibility index (Phi) is 3.02. The van der Waals surface area contributed by atoms with Crippen LogP contribution in [-0.4, -0.2) is 9.78 Å². The Morgan fingerprint density at radius 1 is 1.28 bits per heavy atom. The predicted molar refractivity (Wildman–Crippen MR) is 62.4 cm³/mol. The number of hydrogen-bond acceptors (Lipinski definition) is 2. The van der Waals surface area contributed by atoms with Gasteiger partial charge in [0, 0.05) is 11.8 Å². The van der Waals surface area contributed by atoms with Gasteiger partial charge in [-0.1, -0.05) is 13.0 Å². The number of hydrogen-bond donors (Lipinski definition) is 1. The van der Waals surface area contributed by atoms with Crippen molar-refractivity contribution in [1.29, 1.82) is 0 Å². The minimum atomic E-state index is -4.36. The molecule has 0 atom stereocenters. The second kappa shape index (κ2) is 4.36. The highest BCUT2D eigenvalue weighted by Gasteiger charge is 2.30. The van der Waals surface area contributed by atoms with E-state index in [4.69, 9.17) is 5.73 Å². The van der Waals surface area contributed by atoms with Crippen molar-refractivity contribution in [3.63, 3.8) is 0 Å². The molecule has 3 nitrogen and oxygen atoms in total. The van der Waals surface area contributed by atoms with Crippen LogP contribution in [0.4, 0.5) is 19.0 Å². The highest BCUT2D eigenvalue weighted by molar-refractivity contribution is 5.41. The molecule has 1 aromatic carbocycles. The lowest BCUT2D eigenvalue weighted by atomic mass is 10.2. The molecule has 0 aliphatic rings. The van der Waals surface area contributed by atoms with Gasteiger partial charge in [0.1, 0.15) is 5.82 Å². The molecule has 0 aliphatic heterocycles. The van der Waals surface area contributed by atoms with E-state index in [1.54, 1.807) is 12.1 Å². The lowest BCUT2D eigenvalue weighted by Crippen LogP contribution is -2.07. The van der Waals surface area contributed by atoms with Gasteiger partial charge in [0.2, 0.25) is 0 Å². The zero-order chi connectivity index (χ0) is 13.3. The van der Waals surface area contributed by atoms with E-state index in [0.29, 0.717) is 17.9 Å². The molecule has 0 bridgehead atoms. The zero-order valence-electron chi connectivity index (χ0n) is 9.70. The number of benzene rings is 1. The summed E-state index contributed by atoms with van der Waals surface area (Å²) < 4.78 is 39.3. The molecule has 0 saturated carbocycles. The molecule has 0 fully saturated rings. The van der Waals surface area contributed by atoms with E-state index in [2.05, 4.69) is 5.10 Å². The van der Waals surface area contributed by atoms with Crippen molar-refractivity contribution in [2.45, 2.75) is 19.5 Å². The first kappa shape index (κ1) is 12.5. The first-order valence-corrected chi connectivity index (χ1v) is 5.44. The van der Waals surface area contributed by atoms with Crippen LogP contribution >= 0.6 is 0 Å². The molecular formula is C12H12F3N3. The quantitative estimate of drug-likeness (QED) is 0.896. The highest BCUT2D eigenvalue weighted by Crippen LogP contribution is 2.30. The van der Waals surface area contributed by atoms with Gasteiger partial charge in [-0.05, 0) is 24.6 Å². The summed E-state index contributed by atoms with van der Waals surface area (Å²) in [7, 11) is 0. The van der Waals surface area contributed by atoms with Crippen LogP contribution in [0, 0.1) is 0 Å². The normalized spacial score (nSPS) is 11.8. The van der Waals surface area contributed by atoms with Crippen LogP contribution in [0.1, 0.15) is 18.2 Å². The maximum absolute atomic E-state index is 12.6. The van der Waals surface area contributed by atoms with Crippen molar-refractivity contribution in [2.24, 2.45) is 0 Å². The van der Waals surface area contributed by atoms with E-state index in [-0.39, 0.29) is 0 Å². The molecule has 0 aliphatic carbocycles. The van der Waals surface area contributed by atoms with Crippen molar-refractivity contribution in [3.05, 3.63) is 41.6 Å². The van der Waals surface area contributed by atoms with Crippen molar-refractivity contribution in [3.8, 4) is 5.69 Å². The second-order valence-corrected chi connectivity index (χ2v) is 3.87. The van der Waals surface area contributed by atoms with Gasteiger partial charge in [0.25, 0.3) is 0 Å². The van der Waals surface area contributed by atoms with Gasteiger partial charge in [0.05, 0.1) is 11.3 Å². The van der Waals surface area contributed by atoms with Gasteiger partial charge in [-0.25, -0.2) is 4.68 Å². The van der Waals surface area contributed by atoms with Gasteiger partial charge >= 0.3 is 6.18 Å². The number of aryl methyl sites for hydroxylation is 1. The molecule has 2 N–H and O–H groups in total. The Morgan fingerprint density at radius 2 is 2.00 bits per heavy atom. The minimum Gasteiger partial charge on any atom is -0.382 e. The van der Waals surface area contributed by atoms with Crippen LogP contribution in [0.25, 0.3) is 5.69 Å². The summed E-state index contributed by atoms with van der Waals surface area (Å²) in [5, 5.41) is 4.00. The Balaban J connectivity index is 2.51. The van der Waals surface area contributed by atoms with Crippen molar-refractivity contribution in [1.82, 2.24) is 9.78 Å². The van der Waals surface area contributed by atoms with Gasteiger partial charge in [-0.2, -0.15) is 18.3 Å². The maximum atomic E-state index is 12.6. The predicted octanol–water partition coefficient (Wildman–Crippen LogP) is 3.04. The number of anilines is 1. The van der Waals surface area contributed by atoms with E-state index in [0.717, 1.165) is 17.8 Å². The molecule has 0 amide bonds. The fraction of sp³-hybridized carbons (Fsp3) is 0.250. The molecule has 0 spiro atoms. The Morgan fingerprint density at radius 3 is 2.61 bits per heavy atom. The SMILES string of the molecule is CCc1cc(N)nn1-c1cccc(C(F)(F)F)c1. The van der Waals surface area contributed by atoms with E-state index < -0.39 is 11.7 Å². The Labute approximate surface area is 102 Å². The van der Waals surface area contributed by atoms with E-state index in [9.17, 15) is 13.2 Å². The molecule has 1 aromatic heterocycles. The van der Waals surface area contributed by atoms with E-state index in [1.807, 2.05) is 6.92 Å². The molecule has 2 aromatic rings. The lowest BCUT2D eigenvalue weighted by molar-refractivity contribution is -0.137. The molecule has 96 valence electrons. The highest BCUT2D eigenvalue weighted by atomic mass is 19.4. The fourth-order valence-electron chi connectivity index (χ4n) is 1.73. The number of nitrogen functional groups attached to an aromatic ring is 1. The third kappa shape index (κ3) is 2.32. The van der Waals surface area contributed by atoms with E-state index >= 15 is 0 Å². The largest absolute Gasteiger partial charge is 0.416 e. The summed E-state index contributed by atoms with van der Waals surface area (Å²) in [6, 6.07) is 6.67. The van der Waals surface area contributed by atoms with Gasteiger partial charge in [-0.15, -0.1) is 0 Å². The third-order valence-electron chi connectivity index (χ3n) is 2.58. The average Bonchev–Trinajstić information content (AvgIpc) is 2.69. The van der Waals surface area contributed by atoms with Crippen molar-refractivity contribution in [2.75, 3.05) is 5.73 Å². The maximum Gasteiger partial charge on any atom is 0.416 e. The van der Waals surface area contributed by atoms with Gasteiger partial charge in [-0.3, -0.25) is 0 Å². The summed E-state index contributed by atoms with van der Waals surface area (Å²) in [5.74, 6) is 0.296. The van der Waals surface area contributed by atoms with Crippen LogP contribution in [0.3, 0.4) is 0 Å². The summed E-state index contributed by atoms with van der Waals surface area (Å²) in [4.78, 5) is 0. The van der Waals surface area contributed by atoms with Crippen LogP contribution in [-0.2, 0) is 12.6 Å². The molecule has 1 heterocycles. The van der Waals surface area contributed by atoms with E-state index in [1.165, 1.54) is 10.7 Å². The van der Waals surface area contributed by atoms with Crippen LogP contribution in [0.2, 0.25) is 0 Å². The first-order valence-electron chi connectivity index (χ1n) is 5.44. The summed E-state index contributed by atoms with van der Waals surface area (Å²) in [6.45, 7) is 1.89. The fourth-order valence-corrected chi connectivity index (χ4v) is 1.73. The molecular weight excluding hydrogens is 243 g/mol. The number of nitrogens with zero attached hydrogens (tertiary/aromatic N) is 2. The number of alkyl halides is 3. The Bertz CT molecular complexity index is 558. The number of rotatable bonds is 2. The molecule has 2 rings (SSSR count). The second-order valence-electron chi connectivity index (χ2n) is 3.87. The van der Waals surface area contributed by atoms with Crippen LogP contribution in [0.15, 0.2) is 30.3 Å². The summed E-state index contributed by atoms with van der Waals surface area (Å²) in [5.41, 5.74) is 5.99. The monoisotopic (exact) mass is 255 g/mol. The number of aromatic nitrogens is 2. The minimum absolute atomic E-state index is 0.296. The first-order chi connectivity index (χ1) is 8.41. The Hall–Kier alpha value is -1.98. The standard InChI is InChI=1S/C12H12F3N3/c1-2-9-7-11(16)17-18(9)10-5-3-4-8(6-10)12(13,14)15/h3-7H,2H2,1H3,(H2,16,17). The lowest BCUT2D eigenvalue weighted by Gasteiger charge is -2.10.